The fourth-order valence-corrected chi connectivity index (χ4v) is 4.39. The van der Waals surface area contributed by atoms with Gasteiger partial charge in [-0.2, -0.15) is 48.3 Å². The number of halogens is 14. The summed E-state index contributed by atoms with van der Waals surface area (Å²) >= 11 is 6.04. The van der Waals surface area contributed by atoms with Crippen LogP contribution in [0.1, 0.15) is 69.8 Å². The quantitative estimate of drug-likeness (QED) is 0.102. The first kappa shape index (κ1) is 38.2. The maximum Gasteiger partial charge on any atom is 0.460 e. The number of benzene rings is 1. The van der Waals surface area contributed by atoms with E-state index in [1.807, 2.05) is 17.1 Å². The average Bonchev–Trinajstić information content (AvgIpc) is 3.31. The van der Waals surface area contributed by atoms with Crippen LogP contribution in [0.15, 0.2) is 36.9 Å². The lowest BCUT2D eigenvalue weighted by molar-refractivity contribution is -0.688. The van der Waals surface area contributed by atoms with Crippen LogP contribution in [0.25, 0.3) is 0 Å². The first-order valence-corrected chi connectivity index (χ1v) is 13.3. The molecule has 2 nitrogen and oxygen atoms in total. The van der Waals surface area contributed by atoms with E-state index >= 15 is 0 Å². The lowest BCUT2D eigenvalue weighted by Gasteiger charge is -2.37. The van der Waals surface area contributed by atoms with Crippen LogP contribution in [0, 0.1) is 5.82 Å². The molecule has 1 heterocycles. The summed E-state index contributed by atoms with van der Waals surface area (Å²) in [6, 6.07) is 4.47. The van der Waals surface area contributed by atoms with E-state index in [4.69, 9.17) is 11.6 Å². The van der Waals surface area contributed by atoms with Gasteiger partial charge in [-0.3, -0.25) is 0 Å². The van der Waals surface area contributed by atoms with Crippen molar-refractivity contribution in [2.45, 2.75) is 107 Å². The maximum absolute atomic E-state index is 13.9. The summed E-state index contributed by atoms with van der Waals surface area (Å²) in [5.41, 5.74) is 0.385. The van der Waals surface area contributed by atoms with Gasteiger partial charge in [0, 0.05) is 12.0 Å². The molecule has 2 rings (SSSR count). The lowest BCUT2D eigenvalue weighted by atomic mass is 9.94. The second-order valence-corrected chi connectivity index (χ2v) is 10.3. The number of aromatic nitrogens is 2. The van der Waals surface area contributed by atoms with Gasteiger partial charge in [0.2, 0.25) is 6.33 Å². The van der Waals surface area contributed by atoms with E-state index in [-0.39, 0.29) is 31.8 Å². The molecule has 2 aromatic rings. The molecular formula is C26H30Cl2F12N2. The molecule has 0 unspecified atom stereocenters. The predicted octanol–water partition coefficient (Wildman–Crippen LogP) is 6.62. The van der Waals surface area contributed by atoms with E-state index < -0.39 is 48.5 Å². The van der Waals surface area contributed by atoms with Gasteiger partial charge in [-0.05, 0) is 31.4 Å². The normalized spacial score (nSPS) is 13.4. The van der Waals surface area contributed by atoms with E-state index in [2.05, 4.69) is 0 Å². The fourth-order valence-electron chi connectivity index (χ4n) is 4.17. The van der Waals surface area contributed by atoms with Crippen LogP contribution in [-0.4, -0.2) is 34.4 Å². The van der Waals surface area contributed by atoms with Crippen molar-refractivity contribution in [3.8, 4) is 0 Å². The molecule has 0 spiro atoms. The van der Waals surface area contributed by atoms with Gasteiger partial charge in [0.1, 0.15) is 24.8 Å². The Labute approximate surface area is 246 Å². The Morgan fingerprint density at radius 1 is 0.690 bits per heavy atom. The third-order valence-electron chi connectivity index (χ3n) is 6.66. The monoisotopic (exact) mass is 668 g/mol. The Morgan fingerprint density at radius 2 is 1.21 bits per heavy atom. The van der Waals surface area contributed by atoms with Crippen LogP contribution >= 0.6 is 11.6 Å². The van der Waals surface area contributed by atoms with Crippen molar-refractivity contribution in [1.29, 1.82) is 0 Å². The second-order valence-electron chi connectivity index (χ2n) is 9.88. The highest BCUT2D eigenvalue weighted by Crippen LogP contribution is 2.58. The third kappa shape index (κ3) is 9.09. The molecule has 0 atom stereocenters. The Kier molecular flexibility index (Phi) is 13.9. The van der Waals surface area contributed by atoms with E-state index in [1.54, 1.807) is 16.8 Å². The third-order valence-corrected chi connectivity index (χ3v) is 7.01. The van der Waals surface area contributed by atoms with Crippen LogP contribution in [0.5, 0.6) is 0 Å². The first-order valence-electron chi connectivity index (χ1n) is 12.9. The Balaban J connectivity index is 0.00000882. The molecule has 0 amide bonds. The van der Waals surface area contributed by atoms with Crippen LogP contribution in [-0.2, 0) is 13.1 Å². The van der Waals surface area contributed by atoms with Crippen molar-refractivity contribution in [1.82, 2.24) is 4.57 Å². The Morgan fingerprint density at radius 3 is 1.74 bits per heavy atom. The summed E-state index contributed by atoms with van der Waals surface area (Å²) in [4.78, 5) is 0. The molecule has 0 radical (unpaired) electrons. The van der Waals surface area contributed by atoms with Gasteiger partial charge >= 0.3 is 29.9 Å². The van der Waals surface area contributed by atoms with E-state index in [1.165, 1.54) is 12.1 Å². The standard InChI is InChI=1S/C26H30ClF12N2.ClH/c27-20-11-10-12-21(28)19(20)17-41-16-15-40(18-41)14-9-7-5-3-1-2-4-6-8-13-22(29,30)23(31,32)24(33,34)25(35,36)26(37,38)39;/h10-12,15-16,18H,1-9,13-14,17H2;1H/q+1;/p-1. The smallest absolute Gasteiger partial charge is 0.460 e. The molecule has 0 aliphatic heterocycles. The highest BCUT2D eigenvalue weighted by molar-refractivity contribution is 6.31. The molecule has 0 saturated heterocycles. The zero-order valence-corrected chi connectivity index (χ0v) is 23.6. The number of alkyl halides is 11. The topological polar surface area (TPSA) is 8.81 Å². The van der Waals surface area contributed by atoms with Gasteiger partial charge < -0.3 is 12.4 Å². The zero-order valence-electron chi connectivity index (χ0n) is 22.1. The van der Waals surface area contributed by atoms with Crippen molar-refractivity contribution < 1.29 is 69.7 Å². The number of aryl methyl sites for hydroxylation is 1. The number of hydrogen-bond acceptors (Lipinski definition) is 0. The summed E-state index contributed by atoms with van der Waals surface area (Å²) in [7, 11) is 0. The summed E-state index contributed by atoms with van der Waals surface area (Å²) in [6.07, 6.45) is 0.300. The van der Waals surface area contributed by atoms with Crippen LogP contribution in [0.3, 0.4) is 0 Å². The second kappa shape index (κ2) is 15.3. The zero-order chi connectivity index (χ0) is 31.1. The van der Waals surface area contributed by atoms with Crippen LogP contribution in [0.4, 0.5) is 52.7 Å². The van der Waals surface area contributed by atoms with Gasteiger partial charge in [-0.25, -0.2) is 13.5 Å². The summed E-state index contributed by atoms with van der Waals surface area (Å²) in [6.45, 7) is 0.990. The average molecular weight is 669 g/mol. The van der Waals surface area contributed by atoms with Crippen molar-refractivity contribution in [2.24, 2.45) is 0 Å². The fraction of sp³-hybridized carbons (Fsp3) is 0.654. The minimum absolute atomic E-state index is 0. The molecule has 0 aliphatic carbocycles. The van der Waals surface area contributed by atoms with E-state index in [9.17, 15) is 52.7 Å². The van der Waals surface area contributed by atoms with Crippen molar-refractivity contribution in [3.05, 3.63) is 53.3 Å². The molecule has 16 heteroatoms. The van der Waals surface area contributed by atoms with Gasteiger partial charge in [0.15, 0.2) is 0 Å². The summed E-state index contributed by atoms with van der Waals surface area (Å²) in [5.74, 6) is -27.7. The molecule has 0 fully saturated rings. The number of unbranched alkanes of at least 4 members (excludes halogenated alkanes) is 8. The Hall–Kier alpha value is -1.83. The van der Waals surface area contributed by atoms with Crippen LogP contribution < -0.4 is 17.0 Å². The Bertz CT molecular complexity index is 1080. The van der Waals surface area contributed by atoms with E-state index in [0.717, 1.165) is 25.7 Å². The number of imidazole rings is 1. The predicted molar refractivity (Wildman–Crippen MR) is 127 cm³/mol. The van der Waals surface area contributed by atoms with Crippen molar-refractivity contribution >= 4 is 11.6 Å². The van der Waals surface area contributed by atoms with Crippen LogP contribution in [0.2, 0.25) is 5.02 Å². The van der Waals surface area contributed by atoms with Gasteiger partial charge in [-0.15, -0.1) is 0 Å². The molecule has 0 bridgehead atoms. The number of hydrogen-bond donors (Lipinski definition) is 0. The van der Waals surface area contributed by atoms with Crippen molar-refractivity contribution in [2.75, 3.05) is 0 Å². The molecule has 42 heavy (non-hydrogen) atoms. The highest BCUT2D eigenvalue weighted by atomic mass is 35.5. The highest BCUT2D eigenvalue weighted by Gasteiger charge is 2.86. The number of rotatable bonds is 17. The molecule has 242 valence electrons. The minimum atomic E-state index is -7.34. The molecule has 1 aromatic carbocycles. The SMILES string of the molecule is Fc1cccc(Cl)c1C[n+]1ccn(CCCCCCCCCCCC(F)(F)C(F)(F)C(F)(F)C(F)(F)C(F)(F)F)c1.[Cl-]. The molecular weight excluding hydrogens is 639 g/mol. The van der Waals surface area contributed by atoms with Gasteiger partial charge in [0.25, 0.3) is 0 Å². The van der Waals surface area contributed by atoms with Gasteiger partial charge in [-0.1, -0.05) is 56.2 Å². The molecule has 0 saturated carbocycles. The largest absolute Gasteiger partial charge is 1.00 e. The summed E-state index contributed by atoms with van der Waals surface area (Å²) < 4.78 is 161. The maximum atomic E-state index is 13.9. The lowest BCUT2D eigenvalue weighted by Crippen LogP contribution is -3.00. The molecule has 1 aromatic heterocycles. The van der Waals surface area contributed by atoms with Gasteiger partial charge in [0.05, 0.1) is 11.6 Å². The summed E-state index contributed by atoms with van der Waals surface area (Å²) in [5, 5.41) is 0.335. The minimum Gasteiger partial charge on any atom is -1.00 e. The van der Waals surface area contributed by atoms with E-state index in [0.29, 0.717) is 30.0 Å². The molecule has 0 aliphatic rings. The molecule has 0 N–H and O–H groups in total. The first-order chi connectivity index (χ1) is 18.8. The van der Waals surface area contributed by atoms with Crippen molar-refractivity contribution in [3.63, 3.8) is 0 Å². The number of nitrogens with zero attached hydrogens (tertiary/aromatic N) is 2.